The number of benzene rings is 1. The van der Waals surface area contributed by atoms with E-state index in [4.69, 9.17) is 17.3 Å². The molecule has 0 unspecified atom stereocenters. The summed E-state index contributed by atoms with van der Waals surface area (Å²) in [6, 6.07) is 2.18. The minimum Gasteiger partial charge on any atom is -0.370 e. The number of hydrogen-bond donors (Lipinski definition) is 1. The molecule has 0 aliphatic rings. The van der Waals surface area contributed by atoms with Gasteiger partial charge in [0.05, 0.1) is 0 Å². The summed E-state index contributed by atoms with van der Waals surface area (Å²) in [4.78, 5) is 10.4. The van der Waals surface area contributed by atoms with E-state index in [2.05, 4.69) is 0 Å². The molecule has 1 aromatic rings. The predicted molar refractivity (Wildman–Crippen MR) is 48.9 cm³/mol. The van der Waals surface area contributed by atoms with E-state index in [1.165, 1.54) is 0 Å². The van der Waals surface area contributed by atoms with Crippen molar-refractivity contribution < 1.29 is 13.6 Å². The Bertz CT molecular complexity index is 345. The summed E-state index contributed by atoms with van der Waals surface area (Å²) in [5.41, 5.74) is 5.26. The van der Waals surface area contributed by atoms with E-state index < -0.39 is 22.6 Å². The third kappa shape index (κ3) is 2.67. The van der Waals surface area contributed by atoms with Gasteiger partial charge in [-0.25, -0.2) is 8.78 Å². The summed E-state index contributed by atoms with van der Waals surface area (Å²) in [5, 5.41) is -0.534. The fourth-order valence-corrected chi connectivity index (χ4v) is 1.13. The number of amides is 1. The zero-order valence-electron chi connectivity index (χ0n) is 7.19. The highest BCUT2D eigenvalue weighted by Crippen LogP contribution is 2.20. The maximum atomic E-state index is 12.9. The van der Waals surface area contributed by atoms with Gasteiger partial charge in [0.2, 0.25) is 5.91 Å². The summed E-state index contributed by atoms with van der Waals surface area (Å²) in [6.07, 6.45) is 0.265. The first-order chi connectivity index (χ1) is 6.50. The molecule has 0 fully saturated rings. The van der Waals surface area contributed by atoms with E-state index in [-0.39, 0.29) is 12.8 Å². The number of hydrogen-bond acceptors (Lipinski definition) is 1. The fourth-order valence-electron chi connectivity index (χ4n) is 1.02. The van der Waals surface area contributed by atoms with Gasteiger partial charge in [-0.05, 0) is 24.1 Å². The third-order valence-corrected chi connectivity index (χ3v) is 2.06. The van der Waals surface area contributed by atoms with Crippen molar-refractivity contribution in [3.05, 3.63) is 34.4 Å². The monoisotopic (exact) mass is 219 g/mol. The van der Waals surface area contributed by atoms with Crippen LogP contribution in [0, 0.1) is 11.6 Å². The van der Waals surface area contributed by atoms with Gasteiger partial charge in [0.15, 0.2) is 0 Å². The lowest BCUT2D eigenvalue weighted by atomic mass is 10.1. The van der Waals surface area contributed by atoms with Gasteiger partial charge in [0.25, 0.3) is 0 Å². The molecule has 0 saturated carbocycles. The smallest absolute Gasteiger partial charge is 0.217 e. The van der Waals surface area contributed by atoms with Crippen molar-refractivity contribution in [2.24, 2.45) is 5.73 Å². The van der Waals surface area contributed by atoms with Gasteiger partial charge in [-0.15, -0.1) is 0 Å². The van der Waals surface area contributed by atoms with Crippen molar-refractivity contribution in [3.8, 4) is 0 Å². The molecule has 0 bridgehead atoms. The predicted octanol–water partition coefficient (Wildman–Crippen LogP) is 2.04. The molecule has 0 aliphatic heterocycles. The Labute approximate surface area is 84.7 Å². The lowest BCUT2D eigenvalue weighted by Gasteiger charge is -2.02. The van der Waals surface area contributed by atoms with E-state index >= 15 is 0 Å². The normalized spacial score (nSPS) is 10.2. The minimum atomic E-state index is -0.828. The fraction of sp³-hybridized carbons (Fsp3) is 0.222. The first kappa shape index (κ1) is 10.9. The van der Waals surface area contributed by atoms with Crippen LogP contribution < -0.4 is 5.73 Å². The highest BCUT2D eigenvalue weighted by molar-refractivity contribution is 6.30. The first-order valence-electron chi connectivity index (χ1n) is 3.92. The van der Waals surface area contributed by atoms with Crippen molar-refractivity contribution >= 4 is 17.5 Å². The zero-order chi connectivity index (χ0) is 10.7. The highest BCUT2D eigenvalue weighted by atomic mass is 35.5. The van der Waals surface area contributed by atoms with Gasteiger partial charge in [0, 0.05) is 6.42 Å². The summed E-state index contributed by atoms with van der Waals surface area (Å²) in [6.45, 7) is 0. The molecular formula is C9H8ClF2NO. The molecule has 1 rings (SSSR count). The van der Waals surface area contributed by atoms with Gasteiger partial charge >= 0.3 is 0 Å². The van der Waals surface area contributed by atoms with Gasteiger partial charge in [-0.1, -0.05) is 11.6 Å². The Morgan fingerprint density at radius 2 is 1.86 bits per heavy atom. The highest BCUT2D eigenvalue weighted by Gasteiger charge is 2.08. The van der Waals surface area contributed by atoms with Gasteiger partial charge < -0.3 is 5.73 Å². The molecule has 0 atom stereocenters. The molecule has 0 aromatic heterocycles. The molecule has 1 amide bonds. The maximum Gasteiger partial charge on any atom is 0.217 e. The Morgan fingerprint density at radius 3 is 2.29 bits per heavy atom. The molecule has 2 N–H and O–H groups in total. The van der Waals surface area contributed by atoms with Crippen molar-refractivity contribution in [2.75, 3.05) is 0 Å². The standard InChI is InChI=1S/C9H8ClF2NO/c10-9-6(11)3-5(4-7(9)12)1-2-8(13)14/h3-4H,1-2H2,(H2,13,14). The molecule has 76 valence electrons. The number of primary amides is 1. The number of rotatable bonds is 3. The second-order valence-electron chi connectivity index (χ2n) is 2.84. The molecule has 0 aliphatic carbocycles. The Kier molecular flexibility index (Phi) is 3.41. The Morgan fingerprint density at radius 1 is 1.36 bits per heavy atom. The van der Waals surface area contributed by atoms with Crippen molar-refractivity contribution in [1.82, 2.24) is 0 Å². The van der Waals surface area contributed by atoms with Crippen LogP contribution in [-0.2, 0) is 11.2 Å². The number of carbonyl (C=O) groups excluding carboxylic acids is 1. The Balaban J connectivity index is 2.84. The summed E-state index contributed by atoms with van der Waals surface area (Å²) in [5.74, 6) is -2.17. The molecule has 2 nitrogen and oxygen atoms in total. The number of nitrogens with two attached hydrogens (primary N) is 1. The van der Waals surface area contributed by atoms with E-state index in [1.54, 1.807) is 0 Å². The van der Waals surface area contributed by atoms with Crippen molar-refractivity contribution in [1.29, 1.82) is 0 Å². The lowest BCUT2D eigenvalue weighted by molar-refractivity contribution is -0.117. The molecule has 1 aromatic carbocycles. The Hall–Kier alpha value is -1.16. The van der Waals surface area contributed by atoms with E-state index in [0.29, 0.717) is 5.56 Å². The number of halogens is 3. The molecule has 5 heteroatoms. The van der Waals surface area contributed by atoms with Crippen LogP contribution in [0.15, 0.2) is 12.1 Å². The lowest BCUT2D eigenvalue weighted by Crippen LogP contribution is -2.11. The van der Waals surface area contributed by atoms with Crippen LogP contribution in [0.25, 0.3) is 0 Å². The second-order valence-corrected chi connectivity index (χ2v) is 3.22. The van der Waals surface area contributed by atoms with Gasteiger partial charge in [-0.3, -0.25) is 4.79 Å². The molecule has 0 spiro atoms. The quantitative estimate of drug-likeness (QED) is 0.777. The van der Waals surface area contributed by atoms with Crippen LogP contribution in [0.2, 0.25) is 5.02 Å². The topological polar surface area (TPSA) is 43.1 Å². The average Bonchev–Trinajstić information content (AvgIpc) is 2.10. The van der Waals surface area contributed by atoms with Crippen LogP contribution in [0.1, 0.15) is 12.0 Å². The van der Waals surface area contributed by atoms with E-state index in [1.807, 2.05) is 0 Å². The number of carbonyl (C=O) groups is 1. The van der Waals surface area contributed by atoms with Crippen LogP contribution in [-0.4, -0.2) is 5.91 Å². The van der Waals surface area contributed by atoms with E-state index in [9.17, 15) is 13.6 Å². The molecule has 0 saturated heterocycles. The van der Waals surface area contributed by atoms with Crippen LogP contribution in [0.4, 0.5) is 8.78 Å². The summed E-state index contributed by atoms with van der Waals surface area (Å²) < 4.78 is 25.8. The summed E-state index contributed by atoms with van der Waals surface area (Å²) in [7, 11) is 0. The molecule has 14 heavy (non-hydrogen) atoms. The van der Waals surface area contributed by atoms with Crippen molar-refractivity contribution in [3.63, 3.8) is 0 Å². The maximum absolute atomic E-state index is 12.9. The van der Waals surface area contributed by atoms with Crippen LogP contribution >= 0.6 is 11.6 Å². The second kappa shape index (κ2) is 4.37. The average molecular weight is 220 g/mol. The molecule has 0 heterocycles. The first-order valence-corrected chi connectivity index (χ1v) is 4.30. The molecular weight excluding hydrogens is 212 g/mol. The van der Waals surface area contributed by atoms with Crippen LogP contribution in [0.5, 0.6) is 0 Å². The van der Waals surface area contributed by atoms with Gasteiger partial charge in [-0.2, -0.15) is 0 Å². The molecule has 0 radical (unpaired) electrons. The van der Waals surface area contributed by atoms with Gasteiger partial charge in [0.1, 0.15) is 16.7 Å². The number of aryl methyl sites for hydroxylation is 1. The zero-order valence-corrected chi connectivity index (χ0v) is 7.94. The summed E-state index contributed by atoms with van der Waals surface area (Å²) >= 11 is 5.27. The largest absolute Gasteiger partial charge is 0.370 e. The third-order valence-electron chi connectivity index (χ3n) is 1.70. The van der Waals surface area contributed by atoms with Crippen LogP contribution in [0.3, 0.4) is 0 Å². The van der Waals surface area contributed by atoms with Crippen molar-refractivity contribution in [2.45, 2.75) is 12.8 Å². The SMILES string of the molecule is NC(=O)CCc1cc(F)c(Cl)c(F)c1. The van der Waals surface area contributed by atoms with E-state index in [0.717, 1.165) is 12.1 Å². The minimum absolute atomic E-state index is 0.0561.